The van der Waals surface area contributed by atoms with Crippen molar-refractivity contribution in [1.82, 2.24) is 15.0 Å². The minimum Gasteiger partial charge on any atom is -0.363 e. The number of hydrogen-bond donors (Lipinski definition) is 1. The van der Waals surface area contributed by atoms with E-state index in [1.807, 2.05) is 36.8 Å². The summed E-state index contributed by atoms with van der Waals surface area (Å²) in [6.45, 7) is 0. The van der Waals surface area contributed by atoms with Crippen molar-refractivity contribution in [3.8, 4) is 0 Å². The fourth-order valence-electron chi connectivity index (χ4n) is 2.09. The maximum absolute atomic E-state index is 4.63. The summed E-state index contributed by atoms with van der Waals surface area (Å²) in [4.78, 5) is 14.6. The van der Waals surface area contributed by atoms with Gasteiger partial charge in [0.2, 0.25) is 0 Å². The maximum Gasteiger partial charge on any atom is 0.179 e. The van der Waals surface area contributed by atoms with Gasteiger partial charge in [0, 0.05) is 25.8 Å². The number of rotatable bonds is 2. The number of nitrogens with zero attached hydrogens (tertiary/aromatic N) is 3. The third-order valence-electron chi connectivity index (χ3n) is 3.12. The highest BCUT2D eigenvalue weighted by molar-refractivity contribution is 7.99. The Morgan fingerprint density at radius 3 is 2.94 bits per heavy atom. The van der Waals surface area contributed by atoms with Gasteiger partial charge in [-0.3, -0.25) is 0 Å². The molecule has 17 heavy (non-hydrogen) atoms. The maximum atomic E-state index is 4.63. The summed E-state index contributed by atoms with van der Waals surface area (Å²) < 4.78 is 0. The predicted molar refractivity (Wildman–Crippen MR) is 72.9 cm³/mol. The normalized spacial score (nSPS) is 20.0. The first-order valence-electron chi connectivity index (χ1n) is 5.86. The first kappa shape index (κ1) is 10.9. The van der Waals surface area contributed by atoms with E-state index in [2.05, 4.69) is 21.0 Å². The van der Waals surface area contributed by atoms with Crippen molar-refractivity contribution in [2.24, 2.45) is 0 Å². The first-order valence-corrected chi connectivity index (χ1v) is 7.01. The molecule has 4 nitrogen and oxygen atoms in total. The number of thioether (sulfide) groups is 1. The molecule has 5 heteroatoms. The lowest BCUT2D eigenvalue weighted by Crippen LogP contribution is -2.10. The topological polar surface area (TPSA) is 44.8 Å². The number of aromatic amines is 1. The van der Waals surface area contributed by atoms with Gasteiger partial charge in [-0.15, -0.1) is 0 Å². The molecule has 1 atom stereocenters. The molecule has 1 saturated heterocycles. The molecule has 0 amide bonds. The second-order valence-corrected chi connectivity index (χ2v) is 5.77. The van der Waals surface area contributed by atoms with Crippen molar-refractivity contribution in [2.75, 3.05) is 30.5 Å². The minimum absolute atomic E-state index is 0.581. The summed E-state index contributed by atoms with van der Waals surface area (Å²) in [7, 11) is 3.99. The molecule has 1 unspecified atom stereocenters. The summed E-state index contributed by atoms with van der Waals surface area (Å²) >= 11 is 2.01. The van der Waals surface area contributed by atoms with Crippen molar-refractivity contribution >= 4 is 28.7 Å². The van der Waals surface area contributed by atoms with E-state index in [0.717, 1.165) is 22.8 Å². The number of aromatic nitrogens is 3. The Bertz CT molecular complexity index is 528. The van der Waals surface area contributed by atoms with Crippen molar-refractivity contribution in [1.29, 1.82) is 0 Å². The zero-order valence-electron chi connectivity index (χ0n) is 10.1. The Morgan fingerprint density at radius 2 is 2.24 bits per heavy atom. The van der Waals surface area contributed by atoms with Gasteiger partial charge in [-0.25, -0.2) is 9.97 Å². The molecular weight excluding hydrogens is 232 g/mol. The van der Waals surface area contributed by atoms with Gasteiger partial charge >= 0.3 is 0 Å². The summed E-state index contributed by atoms with van der Waals surface area (Å²) in [5, 5.41) is 0. The van der Waals surface area contributed by atoms with E-state index in [4.69, 9.17) is 0 Å². The minimum atomic E-state index is 0.581. The fourth-order valence-corrected chi connectivity index (χ4v) is 3.32. The smallest absolute Gasteiger partial charge is 0.179 e. The molecule has 1 aliphatic heterocycles. The van der Waals surface area contributed by atoms with Crippen LogP contribution in [0, 0.1) is 0 Å². The highest BCUT2D eigenvalue weighted by atomic mass is 32.2. The van der Waals surface area contributed by atoms with Crippen molar-refractivity contribution < 1.29 is 0 Å². The van der Waals surface area contributed by atoms with Crippen LogP contribution in [-0.2, 0) is 0 Å². The molecule has 1 aliphatic rings. The van der Waals surface area contributed by atoms with Gasteiger partial charge in [0.25, 0.3) is 0 Å². The molecule has 0 aliphatic carbocycles. The summed E-state index contributed by atoms with van der Waals surface area (Å²) in [6, 6.07) is 4.09. The van der Waals surface area contributed by atoms with E-state index >= 15 is 0 Å². The Kier molecular flexibility index (Phi) is 2.70. The highest BCUT2D eigenvalue weighted by Gasteiger charge is 2.21. The Hall–Kier alpha value is -1.23. The summed E-state index contributed by atoms with van der Waals surface area (Å²) in [5.41, 5.74) is 1.88. The second kappa shape index (κ2) is 4.22. The van der Waals surface area contributed by atoms with Crippen LogP contribution in [0.2, 0.25) is 0 Å². The lowest BCUT2D eigenvalue weighted by molar-refractivity contribution is 0.733. The molecule has 0 saturated carbocycles. The van der Waals surface area contributed by atoms with E-state index in [-0.39, 0.29) is 0 Å². The summed E-state index contributed by atoms with van der Waals surface area (Å²) in [6.07, 6.45) is 1.23. The van der Waals surface area contributed by atoms with Gasteiger partial charge in [-0.05, 0) is 24.3 Å². The third kappa shape index (κ3) is 1.99. The molecule has 3 heterocycles. The molecule has 0 bridgehead atoms. The number of fused-ring (bicyclic) bond motifs is 1. The monoisotopic (exact) mass is 248 g/mol. The quantitative estimate of drug-likeness (QED) is 0.885. The average Bonchev–Trinajstić information content (AvgIpc) is 2.96. The number of hydrogen-bond acceptors (Lipinski definition) is 4. The van der Waals surface area contributed by atoms with Gasteiger partial charge in [0.15, 0.2) is 5.65 Å². The Balaban J connectivity index is 2.00. The molecule has 2 aromatic heterocycles. The Labute approximate surface area is 105 Å². The largest absolute Gasteiger partial charge is 0.363 e. The number of pyridine rings is 1. The van der Waals surface area contributed by atoms with Crippen molar-refractivity contribution in [3.05, 3.63) is 18.0 Å². The van der Waals surface area contributed by atoms with Crippen LogP contribution < -0.4 is 4.90 Å². The van der Waals surface area contributed by atoms with Crippen LogP contribution in [0.3, 0.4) is 0 Å². The Morgan fingerprint density at radius 1 is 1.35 bits per heavy atom. The van der Waals surface area contributed by atoms with Gasteiger partial charge in [0.05, 0.1) is 5.52 Å². The number of imidazole rings is 1. The number of anilines is 1. The van der Waals surface area contributed by atoms with E-state index in [1.54, 1.807) is 0 Å². The van der Waals surface area contributed by atoms with Gasteiger partial charge in [-0.1, -0.05) is 0 Å². The van der Waals surface area contributed by atoms with Crippen LogP contribution in [0.1, 0.15) is 18.2 Å². The standard InChI is InChI=1S/C12H16N4S/c1-16(2)10-4-3-9-12(14-10)15-11(13-9)8-5-6-17-7-8/h3-4,8H,5-7H2,1-2H3,(H,13,14,15). The zero-order chi connectivity index (χ0) is 11.8. The molecule has 0 spiro atoms. The van der Waals surface area contributed by atoms with Crippen LogP contribution in [0.15, 0.2) is 12.1 Å². The molecule has 2 aromatic rings. The third-order valence-corrected chi connectivity index (χ3v) is 4.29. The number of nitrogens with one attached hydrogen (secondary N) is 1. The molecule has 1 fully saturated rings. The van der Waals surface area contributed by atoms with Crippen molar-refractivity contribution in [2.45, 2.75) is 12.3 Å². The molecule has 1 N–H and O–H groups in total. The van der Waals surface area contributed by atoms with Crippen LogP contribution >= 0.6 is 11.8 Å². The SMILES string of the molecule is CN(C)c1ccc2[nH]c(C3CCSC3)nc2n1. The lowest BCUT2D eigenvalue weighted by Gasteiger charge is -2.09. The van der Waals surface area contributed by atoms with Gasteiger partial charge in [-0.2, -0.15) is 11.8 Å². The average molecular weight is 248 g/mol. The van der Waals surface area contributed by atoms with E-state index in [0.29, 0.717) is 5.92 Å². The second-order valence-electron chi connectivity index (χ2n) is 4.62. The number of H-pyrrole nitrogens is 1. The molecule has 0 radical (unpaired) electrons. The molecule has 0 aromatic carbocycles. The van der Waals surface area contributed by atoms with Crippen LogP contribution in [-0.4, -0.2) is 40.6 Å². The van der Waals surface area contributed by atoms with Crippen molar-refractivity contribution in [3.63, 3.8) is 0 Å². The molecule has 3 rings (SSSR count). The fraction of sp³-hybridized carbons (Fsp3) is 0.500. The van der Waals surface area contributed by atoms with Crippen LogP contribution in [0.5, 0.6) is 0 Å². The predicted octanol–water partition coefficient (Wildman–Crippen LogP) is 2.24. The van der Waals surface area contributed by atoms with Gasteiger partial charge in [0.1, 0.15) is 11.6 Å². The summed E-state index contributed by atoms with van der Waals surface area (Å²) in [5.74, 6) is 5.07. The first-order chi connectivity index (χ1) is 8.24. The molecular formula is C12H16N4S. The highest BCUT2D eigenvalue weighted by Crippen LogP contribution is 2.31. The van der Waals surface area contributed by atoms with E-state index in [9.17, 15) is 0 Å². The van der Waals surface area contributed by atoms with Gasteiger partial charge < -0.3 is 9.88 Å². The van der Waals surface area contributed by atoms with E-state index < -0.39 is 0 Å². The molecule has 90 valence electrons. The van der Waals surface area contributed by atoms with Crippen LogP contribution in [0.4, 0.5) is 5.82 Å². The zero-order valence-corrected chi connectivity index (χ0v) is 10.9. The lowest BCUT2D eigenvalue weighted by atomic mass is 10.1. The van der Waals surface area contributed by atoms with Crippen LogP contribution in [0.25, 0.3) is 11.2 Å². The van der Waals surface area contributed by atoms with E-state index in [1.165, 1.54) is 17.9 Å².